The Labute approximate surface area is 203 Å². The first kappa shape index (κ1) is 25.6. The zero-order chi connectivity index (χ0) is 25.6. The van der Waals surface area contributed by atoms with Crippen molar-refractivity contribution < 1.29 is 31.6 Å². The second kappa shape index (κ2) is 11.0. The average Bonchev–Trinajstić information content (AvgIpc) is 2.79. The van der Waals surface area contributed by atoms with E-state index in [0.29, 0.717) is 10.6 Å². The first-order chi connectivity index (χ1) is 16.6. The molecule has 3 aromatic rings. The second-order valence-electron chi connectivity index (χ2n) is 6.71. The molecule has 0 spiro atoms. The lowest BCUT2D eigenvalue weighted by Crippen LogP contribution is -2.13. The molecule has 0 saturated carbocycles. The highest BCUT2D eigenvalue weighted by molar-refractivity contribution is 7.92. The molecule has 2 N–H and O–H groups in total. The van der Waals surface area contributed by atoms with Crippen LogP contribution in [0.5, 0.6) is 11.5 Å². The van der Waals surface area contributed by atoms with Gasteiger partial charge in [0.2, 0.25) is 0 Å². The maximum Gasteiger partial charge on any atom is 0.387 e. The summed E-state index contributed by atoms with van der Waals surface area (Å²) in [6.07, 6.45) is 1.25. The van der Waals surface area contributed by atoms with E-state index in [0.717, 1.165) is 12.1 Å². The van der Waals surface area contributed by atoms with Crippen LogP contribution >= 0.6 is 11.6 Å². The first-order valence-corrected chi connectivity index (χ1v) is 11.4. The molecule has 3 rings (SSSR count). The molecule has 0 aromatic heterocycles. The van der Waals surface area contributed by atoms with E-state index in [4.69, 9.17) is 16.3 Å². The number of hydrogen-bond donors (Lipinski definition) is 2. The van der Waals surface area contributed by atoms with Gasteiger partial charge in [-0.15, -0.1) is 0 Å². The molecule has 3 aromatic carbocycles. The van der Waals surface area contributed by atoms with Crippen LogP contribution in [0.15, 0.2) is 70.7 Å². The van der Waals surface area contributed by atoms with Gasteiger partial charge in [-0.1, -0.05) is 17.7 Å². The number of nitro groups is 1. The van der Waals surface area contributed by atoms with Gasteiger partial charge in [-0.25, -0.2) is 8.42 Å². The first-order valence-electron chi connectivity index (χ1n) is 9.58. The van der Waals surface area contributed by atoms with Crippen LogP contribution in [0.25, 0.3) is 0 Å². The minimum Gasteiger partial charge on any atom is -0.493 e. The molecule has 0 amide bonds. The van der Waals surface area contributed by atoms with Gasteiger partial charge in [-0.3, -0.25) is 20.3 Å². The van der Waals surface area contributed by atoms with Crippen molar-refractivity contribution in [2.45, 2.75) is 11.5 Å². The molecule has 35 heavy (non-hydrogen) atoms. The highest BCUT2D eigenvalue weighted by Crippen LogP contribution is 2.30. The standard InChI is InChI=1S/C21H17ClF2N4O6S/c1-33-20-9-13(5-8-19(20)34-21(23)24)12-25-26-17-7-6-16(11-18(17)28(29)30)35(31,32)27-15-4-2-3-14(22)10-15/h2-12,21,26-27H,1H3/b25-12+. The molecule has 0 unspecified atom stereocenters. The van der Waals surface area contributed by atoms with Crippen molar-refractivity contribution >= 4 is 44.9 Å². The molecule has 0 fully saturated rings. The van der Waals surface area contributed by atoms with Crippen molar-refractivity contribution in [1.29, 1.82) is 0 Å². The van der Waals surface area contributed by atoms with Crippen LogP contribution in [0.1, 0.15) is 5.56 Å². The molecular weight excluding hydrogens is 510 g/mol. The van der Waals surface area contributed by atoms with Gasteiger partial charge in [-0.2, -0.15) is 13.9 Å². The van der Waals surface area contributed by atoms with Crippen molar-refractivity contribution in [3.05, 3.63) is 81.4 Å². The number of hydrazone groups is 1. The maximum absolute atomic E-state index is 12.7. The monoisotopic (exact) mass is 526 g/mol. The lowest BCUT2D eigenvalue weighted by atomic mass is 10.2. The number of ether oxygens (including phenoxy) is 2. The van der Waals surface area contributed by atoms with Crippen LogP contribution < -0.4 is 19.6 Å². The third-order valence-corrected chi connectivity index (χ3v) is 5.97. The molecular formula is C21H17ClF2N4O6S. The van der Waals surface area contributed by atoms with E-state index in [1.54, 1.807) is 12.1 Å². The molecule has 10 nitrogen and oxygen atoms in total. The van der Waals surface area contributed by atoms with E-state index >= 15 is 0 Å². The number of benzene rings is 3. The van der Waals surface area contributed by atoms with Crippen molar-refractivity contribution in [3.63, 3.8) is 0 Å². The van der Waals surface area contributed by atoms with E-state index in [2.05, 4.69) is 20.0 Å². The van der Waals surface area contributed by atoms with Gasteiger partial charge in [0.1, 0.15) is 5.69 Å². The lowest BCUT2D eigenvalue weighted by Gasteiger charge is -2.10. The molecule has 0 atom stereocenters. The number of nitrogens with zero attached hydrogens (tertiary/aromatic N) is 2. The number of halogens is 3. The number of alkyl halides is 2. The Hall–Kier alpha value is -3.97. The van der Waals surface area contributed by atoms with E-state index in [1.165, 1.54) is 49.7 Å². The lowest BCUT2D eigenvalue weighted by molar-refractivity contribution is -0.384. The topological polar surface area (TPSA) is 132 Å². The summed E-state index contributed by atoms with van der Waals surface area (Å²) in [7, 11) is -2.87. The summed E-state index contributed by atoms with van der Waals surface area (Å²) in [6.45, 7) is -3.03. The Balaban J connectivity index is 1.81. The number of rotatable bonds is 10. The summed E-state index contributed by atoms with van der Waals surface area (Å²) in [5.41, 5.74) is 2.43. The van der Waals surface area contributed by atoms with Crippen LogP contribution in [0.3, 0.4) is 0 Å². The SMILES string of the molecule is COc1cc(/C=N/Nc2ccc(S(=O)(=O)Nc3cccc(Cl)c3)cc2[N+](=O)[O-])ccc1OC(F)F. The smallest absolute Gasteiger partial charge is 0.387 e. The Bertz CT molecular complexity index is 1370. The summed E-state index contributed by atoms with van der Waals surface area (Å²) in [5.74, 6) is -0.145. The van der Waals surface area contributed by atoms with Crippen molar-refractivity contribution in [1.82, 2.24) is 0 Å². The summed E-state index contributed by atoms with van der Waals surface area (Å²) < 4.78 is 61.8. The minimum atomic E-state index is -4.15. The largest absolute Gasteiger partial charge is 0.493 e. The number of nitrogens with one attached hydrogen (secondary N) is 2. The zero-order valence-electron chi connectivity index (χ0n) is 17.8. The van der Waals surface area contributed by atoms with E-state index in [1.807, 2.05) is 0 Å². The number of sulfonamides is 1. The average molecular weight is 527 g/mol. The van der Waals surface area contributed by atoms with Gasteiger partial charge in [0.25, 0.3) is 15.7 Å². The van der Waals surface area contributed by atoms with E-state index in [9.17, 15) is 27.3 Å². The van der Waals surface area contributed by atoms with Crippen LogP contribution in [0.2, 0.25) is 5.02 Å². The van der Waals surface area contributed by atoms with Crippen LogP contribution in [0.4, 0.5) is 25.8 Å². The van der Waals surface area contributed by atoms with Gasteiger partial charge in [0, 0.05) is 11.1 Å². The number of hydrogen-bond acceptors (Lipinski definition) is 8. The fraction of sp³-hybridized carbons (Fsp3) is 0.0952. The highest BCUT2D eigenvalue weighted by atomic mass is 35.5. The highest BCUT2D eigenvalue weighted by Gasteiger charge is 2.22. The Kier molecular flexibility index (Phi) is 8.04. The van der Waals surface area contributed by atoms with Crippen LogP contribution in [0, 0.1) is 10.1 Å². The van der Waals surface area contributed by atoms with Gasteiger partial charge in [0.05, 0.1) is 28.8 Å². The predicted molar refractivity (Wildman–Crippen MR) is 126 cm³/mol. The summed E-state index contributed by atoms with van der Waals surface area (Å²) in [6, 6.07) is 13.2. The second-order valence-corrected chi connectivity index (χ2v) is 8.83. The van der Waals surface area contributed by atoms with Crippen molar-refractivity contribution in [2.24, 2.45) is 5.10 Å². The van der Waals surface area contributed by atoms with Crippen LogP contribution in [-0.4, -0.2) is 33.3 Å². The number of anilines is 2. The zero-order valence-corrected chi connectivity index (χ0v) is 19.4. The summed E-state index contributed by atoms with van der Waals surface area (Å²) >= 11 is 5.86. The Morgan fingerprint density at radius 3 is 2.54 bits per heavy atom. The third-order valence-electron chi connectivity index (χ3n) is 4.36. The summed E-state index contributed by atoms with van der Waals surface area (Å²) in [4.78, 5) is 10.4. The third kappa shape index (κ3) is 6.77. The molecule has 0 heterocycles. The number of nitro benzene ring substituents is 1. The molecule has 0 aliphatic heterocycles. The van der Waals surface area contributed by atoms with Crippen molar-refractivity contribution in [2.75, 3.05) is 17.3 Å². The molecule has 0 radical (unpaired) electrons. The van der Waals surface area contributed by atoms with Crippen LogP contribution in [-0.2, 0) is 10.0 Å². The molecule has 0 bridgehead atoms. The van der Waals surface area contributed by atoms with Crippen molar-refractivity contribution in [3.8, 4) is 11.5 Å². The fourth-order valence-corrected chi connectivity index (χ4v) is 4.08. The van der Waals surface area contributed by atoms with E-state index in [-0.39, 0.29) is 27.8 Å². The van der Waals surface area contributed by atoms with E-state index < -0.39 is 27.2 Å². The molecule has 0 aliphatic carbocycles. The quantitative estimate of drug-likeness (QED) is 0.213. The Morgan fingerprint density at radius 1 is 1.11 bits per heavy atom. The maximum atomic E-state index is 12.7. The molecule has 0 aliphatic rings. The Morgan fingerprint density at radius 2 is 1.89 bits per heavy atom. The number of methoxy groups -OCH3 is 1. The minimum absolute atomic E-state index is 0.0296. The molecule has 14 heteroatoms. The predicted octanol–water partition coefficient (Wildman–Crippen LogP) is 5.11. The molecule has 0 saturated heterocycles. The normalized spacial score (nSPS) is 11.5. The van der Waals surface area contributed by atoms with Gasteiger partial charge in [0.15, 0.2) is 11.5 Å². The molecule has 184 valence electrons. The summed E-state index contributed by atoms with van der Waals surface area (Å²) in [5, 5.41) is 15.7. The fourth-order valence-electron chi connectivity index (χ4n) is 2.82. The van der Waals surface area contributed by atoms with Gasteiger partial charge in [-0.05, 0) is 54.1 Å². The van der Waals surface area contributed by atoms with Gasteiger partial charge >= 0.3 is 6.61 Å². The van der Waals surface area contributed by atoms with Gasteiger partial charge < -0.3 is 9.47 Å².